The van der Waals surface area contributed by atoms with E-state index in [0.717, 1.165) is 0 Å². The van der Waals surface area contributed by atoms with Gasteiger partial charge in [0.15, 0.2) is 5.78 Å². The molecule has 1 fully saturated rings. The lowest BCUT2D eigenvalue weighted by molar-refractivity contribution is -0.151. The first-order chi connectivity index (χ1) is 8.08. The summed E-state index contributed by atoms with van der Waals surface area (Å²) in [6, 6.07) is 4.80. The Morgan fingerprint density at radius 3 is 3.06 bits per heavy atom. The Bertz CT molecular complexity index is 539. The van der Waals surface area contributed by atoms with Gasteiger partial charge in [0.2, 0.25) is 5.60 Å². The predicted molar refractivity (Wildman–Crippen MR) is 59.3 cm³/mol. The van der Waals surface area contributed by atoms with Crippen molar-refractivity contribution in [3.05, 3.63) is 28.8 Å². The van der Waals surface area contributed by atoms with Gasteiger partial charge in [-0.15, -0.1) is 0 Å². The summed E-state index contributed by atoms with van der Waals surface area (Å²) in [5, 5.41) is 0.479. The Labute approximate surface area is 102 Å². The standard InChI is InChI=1S/C12H9ClO4/c1-16-11(15)12-5-8(12)10(14)7-4-6(13)2-3-9(7)17-12/h2-4,8H,5H2,1H3/t8-,12+/m0/s1. The van der Waals surface area contributed by atoms with Crippen molar-refractivity contribution >= 4 is 23.4 Å². The zero-order chi connectivity index (χ0) is 12.2. The number of methoxy groups -OCH3 is 1. The first-order valence-electron chi connectivity index (χ1n) is 5.20. The summed E-state index contributed by atoms with van der Waals surface area (Å²) in [4.78, 5) is 23.7. The zero-order valence-electron chi connectivity index (χ0n) is 9.03. The number of fused-ring (bicyclic) bond motifs is 2. The van der Waals surface area contributed by atoms with Crippen molar-refractivity contribution in [3.63, 3.8) is 0 Å². The molecular formula is C12H9ClO4. The summed E-state index contributed by atoms with van der Waals surface area (Å²) < 4.78 is 10.3. The van der Waals surface area contributed by atoms with Crippen molar-refractivity contribution < 1.29 is 19.1 Å². The van der Waals surface area contributed by atoms with Gasteiger partial charge in [-0.2, -0.15) is 0 Å². The van der Waals surface area contributed by atoms with Gasteiger partial charge in [-0.05, 0) is 18.2 Å². The highest BCUT2D eigenvalue weighted by Gasteiger charge is 2.70. The minimum Gasteiger partial charge on any atom is -0.474 e. The molecule has 0 spiro atoms. The van der Waals surface area contributed by atoms with E-state index in [-0.39, 0.29) is 5.78 Å². The fourth-order valence-electron chi connectivity index (χ4n) is 2.27. The molecule has 3 rings (SSSR count). The molecule has 88 valence electrons. The second-order valence-electron chi connectivity index (χ2n) is 4.24. The molecule has 1 aromatic rings. The van der Waals surface area contributed by atoms with E-state index >= 15 is 0 Å². The Balaban J connectivity index is 2.06. The second kappa shape index (κ2) is 3.23. The van der Waals surface area contributed by atoms with Gasteiger partial charge in [0, 0.05) is 11.4 Å². The molecule has 17 heavy (non-hydrogen) atoms. The van der Waals surface area contributed by atoms with Gasteiger partial charge >= 0.3 is 5.97 Å². The van der Waals surface area contributed by atoms with Gasteiger partial charge in [0.25, 0.3) is 0 Å². The summed E-state index contributed by atoms with van der Waals surface area (Å²) >= 11 is 5.83. The van der Waals surface area contributed by atoms with Crippen LogP contribution in [0.3, 0.4) is 0 Å². The minimum absolute atomic E-state index is 0.0980. The van der Waals surface area contributed by atoms with Crippen LogP contribution in [0, 0.1) is 5.92 Å². The maximum Gasteiger partial charge on any atom is 0.351 e. The normalized spacial score (nSPS) is 28.8. The van der Waals surface area contributed by atoms with Crippen molar-refractivity contribution in [2.45, 2.75) is 12.0 Å². The van der Waals surface area contributed by atoms with E-state index in [4.69, 9.17) is 16.3 Å². The van der Waals surface area contributed by atoms with Crippen LogP contribution in [0.4, 0.5) is 0 Å². The lowest BCUT2D eigenvalue weighted by Crippen LogP contribution is -2.38. The third kappa shape index (κ3) is 1.30. The average molecular weight is 253 g/mol. The zero-order valence-corrected chi connectivity index (χ0v) is 9.78. The number of hydrogen-bond acceptors (Lipinski definition) is 4. The Kier molecular flexibility index (Phi) is 2.01. The number of ketones is 1. The molecule has 0 radical (unpaired) electrons. The molecule has 1 heterocycles. The van der Waals surface area contributed by atoms with Crippen LogP contribution in [0.1, 0.15) is 16.8 Å². The van der Waals surface area contributed by atoms with Crippen LogP contribution in [0.25, 0.3) is 0 Å². The SMILES string of the molecule is COC(=O)[C@@]12C[C@H]1C(=O)c1cc(Cl)ccc1O2. The van der Waals surface area contributed by atoms with Crippen LogP contribution in [-0.4, -0.2) is 24.5 Å². The predicted octanol–water partition coefficient (Wildman–Crippen LogP) is 1.85. The summed E-state index contributed by atoms with van der Waals surface area (Å²) in [5.41, 5.74) is -0.647. The molecule has 2 aliphatic rings. The number of rotatable bonds is 1. The van der Waals surface area contributed by atoms with Gasteiger partial charge in [-0.25, -0.2) is 4.79 Å². The Morgan fingerprint density at radius 2 is 2.35 bits per heavy atom. The Hall–Kier alpha value is -1.55. The van der Waals surface area contributed by atoms with Crippen LogP contribution >= 0.6 is 11.6 Å². The van der Waals surface area contributed by atoms with Gasteiger partial charge in [0.05, 0.1) is 18.6 Å². The van der Waals surface area contributed by atoms with E-state index in [1.165, 1.54) is 7.11 Å². The summed E-state index contributed by atoms with van der Waals surface area (Å²) in [7, 11) is 1.29. The van der Waals surface area contributed by atoms with Crippen LogP contribution in [0.15, 0.2) is 18.2 Å². The maximum absolute atomic E-state index is 12.1. The van der Waals surface area contributed by atoms with Crippen molar-refractivity contribution in [2.24, 2.45) is 5.92 Å². The number of hydrogen-bond donors (Lipinski definition) is 0. The van der Waals surface area contributed by atoms with Gasteiger partial charge in [-0.3, -0.25) is 4.79 Å². The number of benzene rings is 1. The molecule has 1 saturated carbocycles. The number of carbonyl (C=O) groups excluding carboxylic acids is 2. The highest BCUT2D eigenvalue weighted by atomic mass is 35.5. The van der Waals surface area contributed by atoms with E-state index in [1.54, 1.807) is 18.2 Å². The smallest absolute Gasteiger partial charge is 0.351 e. The molecule has 0 amide bonds. The largest absolute Gasteiger partial charge is 0.474 e. The lowest BCUT2D eigenvalue weighted by Gasteiger charge is -2.23. The maximum atomic E-state index is 12.1. The van der Waals surface area contributed by atoms with E-state index < -0.39 is 17.5 Å². The first-order valence-corrected chi connectivity index (χ1v) is 5.57. The molecule has 0 bridgehead atoms. The molecule has 0 aromatic heterocycles. The molecule has 1 aliphatic carbocycles. The van der Waals surface area contributed by atoms with Crippen LogP contribution < -0.4 is 4.74 Å². The molecule has 0 saturated heterocycles. The topological polar surface area (TPSA) is 52.6 Å². The minimum atomic E-state index is -1.09. The number of ether oxygens (including phenoxy) is 2. The van der Waals surface area contributed by atoms with E-state index in [0.29, 0.717) is 22.8 Å². The van der Waals surface area contributed by atoms with Crippen molar-refractivity contribution in [2.75, 3.05) is 7.11 Å². The number of Topliss-reactive ketones (excluding diaryl/α,β-unsaturated/α-hetero) is 1. The van der Waals surface area contributed by atoms with Gasteiger partial charge in [-0.1, -0.05) is 11.6 Å². The van der Waals surface area contributed by atoms with Crippen LogP contribution in [0.5, 0.6) is 5.75 Å². The third-order valence-corrected chi connectivity index (χ3v) is 3.49. The first kappa shape index (κ1) is 10.6. The van der Waals surface area contributed by atoms with Crippen LogP contribution in [0.2, 0.25) is 5.02 Å². The second-order valence-corrected chi connectivity index (χ2v) is 4.68. The van der Waals surface area contributed by atoms with Crippen molar-refractivity contribution in [1.29, 1.82) is 0 Å². The molecule has 4 nitrogen and oxygen atoms in total. The van der Waals surface area contributed by atoms with Crippen LogP contribution in [-0.2, 0) is 9.53 Å². The highest BCUT2D eigenvalue weighted by molar-refractivity contribution is 6.31. The number of halogens is 1. The molecule has 1 aromatic carbocycles. The molecule has 1 aliphatic heterocycles. The molecular weight excluding hydrogens is 244 g/mol. The quantitative estimate of drug-likeness (QED) is 0.716. The van der Waals surface area contributed by atoms with Gasteiger partial charge in [0.1, 0.15) is 5.75 Å². The van der Waals surface area contributed by atoms with E-state index in [9.17, 15) is 9.59 Å². The van der Waals surface area contributed by atoms with E-state index in [2.05, 4.69) is 4.74 Å². The summed E-state index contributed by atoms with van der Waals surface area (Å²) in [6.07, 6.45) is 0.380. The fourth-order valence-corrected chi connectivity index (χ4v) is 2.44. The number of esters is 1. The van der Waals surface area contributed by atoms with Crippen molar-refractivity contribution in [1.82, 2.24) is 0 Å². The fraction of sp³-hybridized carbons (Fsp3) is 0.333. The third-order valence-electron chi connectivity index (χ3n) is 3.26. The number of carbonyl (C=O) groups is 2. The summed E-state index contributed by atoms with van der Waals surface area (Å²) in [5.74, 6) is -0.616. The highest BCUT2D eigenvalue weighted by Crippen LogP contribution is 2.54. The molecule has 5 heteroatoms. The monoisotopic (exact) mass is 252 g/mol. The van der Waals surface area contributed by atoms with Gasteiger partial charge < -0.3 is 9.47 Å². The molecule has 0 N–H and O–H groups in total. The summed E-state index contributed by atoms with van der Waals surface area (Å²) in [6.45, 7) is 0. The lowest BCUT2D eigenvalue weighted by atomic mass is 10.0. The molecule has 0 unspecified atom stereocenters. The average Bonchev–Trinajstić information content (AvgIpc) is 3.06. The van der Waals surface area contributed by atoms with Crippen molar-refractivity contribution in [3.8, 4) is 5.75 Å². The molecule has 2 atom stereocenters. The van der Waals surface area contributed by atoms with E-state index in [1.807, 2.05) is 0 Å². The Morgan fingerprint density at radius 1 is 1.59 bits per heavy atom.